The van der Waals surface area contributed by atoms with Gasteiger partial charge in [-0.15, -0.1) is 0 Å². The maximum atomic E-state index is 12.3. The fourth-order valence-corrected chi connectivity index (χ4v) is 3.90. The molecule has 3 rings (SSSR count). The van der Waals surface area contributed by atoms with Gasteiger partial charge in [-0.2, -0.15) is 0 Å². The van der Waals surface area contributed by atoms with Crippen molar-refractivity contribution in [3.05, 3.63) is 38.9 Å². The Labute approximate surface area is 125 Å². The molecule has 2 nitrogen and oxygen atoms in total. The van der Waals surface area contributed by atoms with Crippen molar-refractivity contribution >= 4 is 45.8 Å². The van der Waals surface area contributed by atoms with Crippen LogP contribution in [0, 0.1) is 21.3 Å². The van der Waals surface area contributed by atoms with Crippen molar-refractivity contribution < 1.29 is 4.79 Å². The number of halogens is 2. The number of benzene rings is 1. The Balaban J connectivity index is 1.73. The summed E-state index contributed by atoms with van der Waals surface area (Å²) in [7, 11) is 0. The second-order valence-electron chi connectivity index (χ2n) is 5.00. The van der Waals surface area contributed by atoms with Crippen LogP contribution in [0.4, 0.5) is 5.69 Å². The van der Waals surface area contributed by atoms with E-state index in [0.717, 1.165) is 22.1 Å². The van der Waals surface area contributed by atoms with E-state index in [1.807, 2.05) is 12.1 Å². The predicted octanol–water partition coefficient (Wildman–Crippen LogP) is 4.10. The van der Waals surface area contributed by atoms with Crippen molar-refractivity contribution in [3.8, 4) is 0 Å². The van der Waals surface area contributed by atoms with Crippen LogP contribution in [0.15, 0.2) is 30.4 Å². The molecule has 1 amide bonds. The number of allylic oxidation sites excluding steroid dienone is 2. The molecule has 4 heteroatoms. The summed E-state index contributed by atoms with van der Waals surface area (Å²) in [5.41, 5.74) is 0.858. The summed E-state index contributed by atoms with van der Waals surface area (Å²) < 4.78 is 0.979. The third kappa shape index (κ3) is 2.30. The van der Waals surface area contributed by atoms with Gasteiger partial charge in [0, 0.05) is 14.5 Å². The van der Waals surface area contributed by atoms with Crippen molar-refractivity contribution in [3.63, 3.8) is 0 Å². The third-order valence-electron chi connectivity index (χ3n) is 3.80. The molecule has 0 aliphatic heterocycles. The highest BCUT2D eigenvalue weighted by molar-refractivity contribution is 14.1. The van der Waals surface area contributed by atoms with Gasteiger partial charge in [-0.25, -0.2) is 0 Å². The number of hydrogen-bond donors (Lipinski definition) is 1. The Hall–Kier alpha value is -0.550. The number of carbonyl (C=O) groups is 1. The highest BCUT2D eigenvalue weighted by Gasteiger charge is 2.39. The number of anilines is 1. The van der Waals surface area contributed by atoms with Crippen LogP contribution in [0.5, 0.6) is 0 Å². The van der Waals surface area contributed by atoms with Gasteiger partial charge >= 0.3 is 0 Å². The molecule has 0 radical (unpaired) electrons. The molecule has 0 aromatic heterocycles. The van der Waals surface area contributed by atoms with E-state index in [1.54, 1.807) is 6.07 Å². The summed E-state index contributed by atoms with van der Waals surface area (Å²) in [5.74, 6) is 1.36. The fourth-order valence-electron chi connectivity index (χ4n) is 2.90. The van der Waals surface area contributed by atoms with Crippen molar-refractivity contribution in [1.29, 1.82) is 0 Å². The molecule has 3 unspecified atom stereocenters. The number of hydrogen-bond acceptors (Lipinski definition) is 1. The maximum Gasteiger partial charge on any atom is 0.228 e. The lowest BCUT2D eigenvalue weighted by Gasteiger charge is -2.18. The first kappa shape index (κ1) is 12.5. The molecule has 0 spiro atoms. The van der Waals surface area contributed by atoms with E-state index >= 15 is 0 Å². The summed E-state index contributed by atoms with van der Waals surface area (Å²) in [6.45, 7) is 0. The Kier molecular flexibility index (Phi) is 3.36. The van der Waals surface area contributed by atoms with Gasteiger partial charge in [-0.1, -0.05) is 23.8 Å². The zero-order chi connectivity index (χ0) is 12.7. The standard InChI is InChI=1S/C14H13ClINO/c15-10-3-4-13(12(16)7-10)17-14(18)11-6-8-1-2-9(11)5-8/h1-4,7-9,11H,5-6H2,(H,17,18). The molecule has 2 aliphatic carbocycles. The molecule has 2 bridgehead atoms. The topological polar surface area (TPSA) is 29.1 Å². The van der Waals surface area contributed by atoms with Crippen molar-refractivity contribution in [1.82, 2.24) is 0 Å². The molecule has 1 N–H and O–H groups in total. The summed E-state index contributed by atoms with van der Waals surface area (Å²) in [4.78, 5) is 12.3. The molecule has 1 aromatic rings. The summed E-state index contributed by atoms with van der Waals surface area (Å²) in [5, 5.41) is 3.72. The van der Waals surface area contributed by atoms with Crippen LogP contribution in [-0.2, 0) is 4.79 Å². The molecular formula is C14H13ClINO. The Morgan fingerprint density at radius 3 is 2.78 bits per heavy atom. The van der Waals surface area contributed by atoms with Crippen molar-refractivity contribution in [2.75, 3.05) is 5.32 Å². The second-order valence-corrected chi connectivity index (χ2v) is 6.60. The van der Waals surface area contributed by atoms with Gasteiger partial charge in [0.15, 0.2) is 0 Å². The Morgan fingerprint density at radius 1 is 1.33 bits per heavy atom. The van der Waals surface area contributed by atoms with E-state index in [2.05, 4.69) is 40.1 Å². The molecule has 1 aromatic carbocycles. The van der Waals surface area contributed by atoms with Gasteiger partial charge in [0.2, 0.25) is 5.91 Å². The summed E-state index contributed by atoms with van der Waals surface area (Å²) in [6.07, 6.45) is 6.60. The highest BCUT2D eigenvalue weighted by Crippen LogP contribution is 2.43. The van der Waals surface area contributed by atoms with Gasteiger partial charge in [0.25, 0.3) is 0 Å². The van der Waals surface area contributed by atoms with Gasteiger partial charge in [-0.05, 0) is 65.5 Å². The minimum atomic E-state index is 0.145. The van der Waals surface area contributed by atoms with Crippen LogP contribution in [-0.4, -0.2) is 5.91 Å². The Morgan fingerprint density at radius 2 is 2.17 bits per heavy atom. The van der Waals surface area contributed by atoms with E-state index in [0.29, 0.717) is 16.9 Å². The van der Waals surface area contributed by atoms with E-state index in [-0.39, 0.29) is 11.8 Å². The highest BCUT2D eigenvalue weighted by atomic mass is 127. The largest absolute Gasteiger partial charge is 0.325 e. The van der Waals surface area contributed by atoms with E-state index in [1.165, 1.54) is 0 Å². The average Bonchev–Trinajstić information content (AvgIpc) is 2.94. The molecule has 2 aliphatic rings. The maximum absolute atomic E-state index is 12.3. The number of nitrogens with one attached hydrogen (secondary N) is 1. The van der Waals surface area contributed by atoms with Crippen molar-refractivity contribution in [2.24, 2.45) is 17.8 Å². The minimum Gasteiger partial charge on any atom is -0.325 e. The minimum absolute atomic E-state index is 0.145. The lowest BCUT2D eigenvalue weighted by atomic mass is 9.93. The van der Waals surface area contributed by atoms with E-state index in [4.69, 9.17) is 11.6 Å². The molecule has 0 heterocycles. The first-order valence-electron chi connectivity index (χ1n) is 6.08. The van der Waals surface area contributed by atoms with Gasteiger partial charge < -0.3 is 5.32 Å². The quantitative estimate of drug-likeness (QED) is 0.614. The normalized spacial score (nSPS) is 28.7. The summed E-state index contributed by atoms with van der Waals surface area (Å²) in [6, 6.07) is 5.53. The first-order chi connectivity index (χ1) is 8.63. The van der Waals surface area contributed by atoms with Crippen LogP contribution in [0.3, 0.4) is 0 Å². The molecule has 3 atom stereocenters. The van der Waals surface area contributed by atoms with Crippen LogP contribution in [0.25, 0.3) is 0 Å². The predicted molar refractivity (Wildman–Crippen MR) is 81.6 cm³/mol. The second kappa shape index (κ2) is 4.85. The smallest absolute Gasteiger partial charge is 0.228 e. The zero-order valence-electron chi connectivity index (χ0n) is 9.70. The van der Waals surface area contributed by atoms with Crippen LogP contribution >= 0.6 is 34.2 Å². The monoisotopic (exact) mass is 373 g/mol. The lowest BCUT2D eigenvalue weighted by molar-refractivity contribution is -0.120. The Bertz CT molecular complexity index is 529. The van der Waals surface area contributed by atoms with Crippen LogP contribution < -0.4 is 5.32 Å². The van der Waals surface area contributed by atoms with Gasteiger partial charge in [-0.3, -0.25) is 4.79 Å². The van der Waals surface area contributed by atoms with Gasteiger partial charge in [0.05, 0.1) is 5.69 Å². The third-order valence-corrected chi connectivity index (χ3v) is 4.93. The summed E-state index contributed by atoms with van der Waals surface area (Å²) >= 11 is 8.10. The first-order valence-corrected chi connectivity index (χ1v) is 7.53. The number of fused-ring (bicyclic) bond motifs is 2. The average molecular weight is 374 g/mol. The molecule has 1 saturated carbocycles. The van der Waals surface area contributed by atoms with E-state index in [9.17, 15) is 4.79 Å². The molecule has 18 heavy (non-hydrogen) atoms. The fraction of sp³-hybridized carbons (Fsp3) is 0.357. The van der Waals surface area contributed by atoms with Crippen LogP contribution in [0.1, 0.15) is 12.8 Å². The van der Waals surface area contributed by atoms with Crippen LogP contribution in [0.2, 0.25) is 5.02 Å². The van der Waals surface area contributed by atoms with E-state index < -0.39 is 0 Å². The zero-order valence-corrected chi connectivity index (χ0v) is 12.6. The van der Waals surface area contributed by atoms with Crippen molar-refractivity contribution in [2.45, 2.75) is 12.8 Å². The SMILES string of the molecule is O=C(Nc1ccc(Cl)cc1I)C1CC2C=CC1C2. The van der Waals surface area contributed by atoms with Gasteiger partial charge in [0.1, 0.15) is 0 Å². The molecule has 94 valence electrons. The number of carbonyl (C=O) groups excluding carboxylic acids is 1. The number of rotatable bonds is 2. The lowest BCUT2D eigenvalue weighted by Crippen LogP contribution is -2.26. The molecule has 1 fully saturated rings. The number of amides is 1. The molecule has 0 saturated heterocycles. The molecular weight excluding hydrogens is 361 g/mol.